The fourth-order valence-electron chi connectivity index (χ4n) is 2.67. The lowest BCUT2D eigenvalue weighted by Gasteiger charge is -2.24. The van der Waals surface area contributed by atoms with Crippen molar-refractivity contribution in [3.63, 3.8) is 0 Å². The Morgan fingerprint density at radius 2 is 1.69 bits per heavy atom. The molecule has 0 fully saturated rings. The van der Waals surface area contributed by atoms with Gasteiger partial charge in [0.05, 0.1) is 0 Å². The van der Waals surface area contributed by atoms with Gasteiger partial charge in [0, 0.05) is 30.4 Å². The first kappa shape index (κ1) is 24.4. The largest absolute Gasteiger partial charge is 0.326 e. The average Bonchev–Trinajstić information content (AvgIpc) is 2.60. The molecule has 0 saturated carbocycles. The van der Waals surface area contributed by atoms with Crippen LogP contribution in [0.15, 0.2) is 48.5 Å². The predicted molar refractivity (Wildman–Crippen MR) is 114 cm³/mol. The quantitative estimate of drug-likeness (QED) is 0.724. The van der Waals surface area contributed by atoms with Crippen LogP contribution in [-0.4, -0.2) is 23.4 Å². The Kier molecular flexibility index (Phi) is 11.2. The van der Waals surface area contributed by atoms with Gasteiger partial charge < -0.3 is 11.1 Å². The van der Waals surface area contributed by atoms with Crippen molar-refractivity contribution < 1.29 is 4.79 Å². The number of hydrogen-bond donors (Lipinski definition) is 2. The molecular formula is C20H29Cl2N3O. The van der Waals surface area contributed by atoms with Crippen molar-refractivity contribution in [1.29, 1.82) is 0 Å². The second-order valence-electron chi connectivity index (χ2n) is 6.17. The summed E-state index contributed by atoms with van der Waals surface area (Å²) in [4.78, 5) is 14.8. The highest BCUT2D eigenvalue weighted by Gasteiger charge is 2.10. The molecule has 6 heteroatoms. The van der Waals surface area contributed by atoms with Crippen LogP contribution in [0.5, 0.6) is 0 Å². The maximum Gasteiger partial charge on any atom is 0.255 e. The Morgan fingerprint density at radius 1 is 1.08 bits per heavy atom. The van der Waals surface area contributed by atoms with Crippen molar-refractivity contribution in [2.45, 2.75) is 39.9 Å². The molecule has 0 aliphatic heterocycles. The third-order valence-electron chi connectivity index (χ3n) is 4.22. The number of amides is 1. The number of para-hydroxylation sites is 1. The summed E-state index contributed by atoms with van der Waals surface area (Å²) in [7, 11) is 0. The molecule has 0 aromatic heterocycles. The lowest BCUT2D eigenvalue weighted by molar-refractivity contribution is 0.102. The van der Waals surface area contributed by atoms with Crippen molar-refractivity contribution in [1.82, 2.24) is 4.90 Å². The molecule has 144 valence electrons. The third kappa shape index (κ3) is 6.61. The highest BCUT2D eigenvalue weighted by molar-refractivity contribution is 6.04. The van der Waals surface area contributed by atoms with Crippen molar-refractivity contribution >= 4 is 36.4 Å². The van der Waals surface area contributed by atoms with Crippen LogP contribution >= 0.6 is 24.8 Å². The second-order valence-corrected chi connectivity index (χ2v) is 6.17. The Hall–Kier alpha value is -1.59. The molecule has 2 rings (SSSR count). The van der Waals surface area contributed by atoms with Gasteiger partial charge in [-0.2, -0.15) is 0 Å². The summed E-state index contributed by atoms with van der Waals surface area (Å²) in [6.07, 6.45) is 0. The first-order valence-electron chi connectivity index (χ1n) is 8.47. The van der Waals surface area contributed by atoms with Gasteiger partial charge >= 0.3 is 0 Å². The van der Waals surface area contributed by atoms with Crippen LogP contribution in [0.1, 0.15) is 42.3 Å². The number of halogens is 2. The molecule has 0 spiro atoms. The predicted octanol–water partition coefficient (Wildman–Crippen LogP) is 4.47. The molecule has 0 atom stereocenters. The highest BCUT2D eigenvalue weighted by Crippen LogP contribution is 2.16. The zero-order valence-corrected chi connectivity index (χ0v) is 17.2. The van der Waals surface area contributed by atoms with Gasteiger partial charge in [-0.3, -0.25) is 9.69 Å². The minimum absolute atomic E-state index is 0. The molecule has 0 radical (unpaired) electrons. The second kappa shape index (κ2) is 11.9. The number of nitrogens with one attached hydrogen (secondary N) is 1. The molecule has 4 nitrogen and oxygen atoms in total. The fourth-order valence-corrected chi connectivity index (χ4v) is 2.67. The third-order valence-corrected chi connectivity index (χ3v) is 4.22. The number of rotatable bonds is 7. The minimum Gasteiger partial charge on any atom is -0.326 e. The standard InChI is InChI=1S/C20H27N3O.2ClH/c1-4-23(15(2)3)14-16-9-11-17(12-10-16)20(24)22-19-8-6-5-7-18(19)13-21;;/h5-12,15H,4,13-14,21H2,1-3H3,(H,22,24);2*1H. The lowest BCUT2D eigenvalue weighted by atomic mass is 10.1. The molecule has 2 aromatic rings. The average molecular weight is 398 g/mol. The van der Waals surface area contributed by atoms with Crippen molar-refractivity contribution in [3.05, 3.63) is 65.2 Å². The molecule has 0 heterocycles. The Balaban J connectivity index is 0.00000312. The summed E-state index contributed by atoms with van der Waals surface area (Å²) in [5.41, 5.74) is 9.27. The Bertz CT molecular complexity index is 675. The summed E-state index contributed by atoms with van der Waals surface area (Å²) >= 11 is 0. The number of carbonyl (C=O) groups excluding carboxylic acids is 1. The molecule has 1 amide bonds. The topological polar surface area (TPSA) is 58.4 Å². The molecule has 0 bridgehead atoms. The first-order valence-corrected chi connectivity index (χ1v) is 8.47. The van der Waals surface area contributed by atoms with Crippen LogP contribution < -0.4 is 11.1 Å². The number of hydrogen-bond acceptors (Lipinski definition) is 3. The van der Waals surface area contributed by atoms with Gasteiger partial charge in [-0.1, -0.05) is 37.3 Å². The van der Waals surface area contributed by atoms with E-state index in [9.17, 15) is 4.79 Å². The molecular weight excluding hydrogens is 369 g/mol. The normalized spacial score (nSPS) is 10.2. The van der Waals surface area contributed by atoms with E-state index in [0.717, 1.165) is 24.3 Å². The highest BCUT2D eigenvalue weighted by atomic mass is 35.5. The summed E-state index contributed by atoms with van der Waals surface area (Å²) < 4.78 is 0. The van der Waals surface area contributed by atoms with E-state index in [2.05, 4.69) is 31.0 Å². The fraction of sp³-hybridized carbons (Fsp3) is 0.350. The Morgan fingerprint density at radius 3 is 2.23 bits per heavy atom. The van der Waals surface area contributed by atoms with Crippen LogP contribution in [0, 0.1) is 0 Å². The van der Waals surface area contributed by atoms with Crippen LogP contribution in [-0.2, 0) is 13.1 Å². The number of nitrogens with two attached hydrogens (primary N) is 1. The van der Waals surface area contributed by atoms with Crippen molar-refractivity contribution in [2.75, 3.05) is 11.9 Å². The first-order chi connectivity index (χ1) is 11.5. The smallest absolute Gasteiger partial charge is 0.255 e. The number of benzene rings is 2. The lowest BCUT2D eigenvalue weighted by Crippen LogP contribution is -2.29. The Labute approximate surface area is 169 Å². The molecule has 26 heavy (non-hydrogen) atoms. The molecule has 0 aliphatic rings. The number of carbonyl (C=O) groups is 1. The van der Waals surface area contributed by atoms with E-state index in [4.69, 9.17) is 5.73 Å². The SMILES string of the molecule is CCN(Cc1ccc(C(=O)Nc2ccccc2CN)cc1)C(C)C.Cl.Cl. The maximum absolute atomic E-state index is 12.4. The van der Waals surface area contributed by atoms with E-state index in [-0.39, 0.29) is 30.7 Å². The van der Waals surface area contributed by atoms with E-state index in [0.29, 0.717) is 18.2 Å². The van der Waals surface area contributed by atoms with Gasteiger partial charge in [-0.15, -0.1) is 24.8 Å². The minimum atomic E-state index is -0.112. The number of anilines is 1. The van der Waals surface area contributed by atoms with E-state index in [1.807, 2.05) is 48.5 Å². The zero-order valence-electron chi connectivity index (χ0n) is 15.6. The molecule has 0 aliphatic carbocycles. The summed E-state index contributed by atoms with van der Waals surface area (Å²) in [6, 6.07) is 15.9. The van der Waals surface area contributed by atoms with Crippen LogP contribution in [0.2, 0.25) is 0 Å². The summed E-state index contributed by atoms with van der Waals surface area (Å²) in [5.74, 6) is -0.112. The van der Waals surface area contributed by atoms with Crippen LogP contribution in [0.4, 0.5) is 5.69 Å². The van der Waals surface area contributed by atoms with E-state index >= 15 is 0 Å². The van der Waals surface area contributed by atoms with Crippen LogP contribution in [0.3, 0.4) is 0 Å². The van der Waals surface area contributed by atoms with E-state index < -0.39 is 0 Å². The molecule has 3 N–H and O–H groups in total. The maximum atomic E-state index is 12.4. The van der Waals surface area contributed by atoms with E-state index in [1.165, 1.54) is 5.56 Å². The zero-order chi connectivity index (χ0) is 17.5. The van der Waals surface area contributed by atoms with Gasteiger partial charge in [-0.25, -0.2) is 0 Å². The van der Waals surface area contributed by atoms with Crippen molar-refractivity contribution in [3.8, 4) is 0 Å². The number of nitrogens with zero attached hydrogens (tertiary/aromatic N) is 1. The van der Waals surface area contributed by atoms with Crippen molar-refractivity contribution in [2.24, 2.45) is 5.73 Å². The van der Waals surface area contributed by atoms with Gasteiger partial charge in [0.2, 0.25) is 0 Å². The summed E-state index contributed by atoms with van der Waals surface area (Å²) in [6.45, 7) is 8.86. The monoisotopic (exact) mass is 397 g/mol. The summed E-state index contributed by atoms with van der Waals surface area (Å²) in [5, 5.41) is 2.94. The van der Waals surface area contributed by atoms with Gasteiger partial charge in [0.1, 0.15) is 0 Å². The van der Waals surface area contributed by atoms with Gasteiger partial charge in [0.15, 0.2) is 0 Å². The van der Waals surface area contributed by atoms with Gasteiger partial charge in [0.25, 0.3) is 5.91 Å². The molecule has 0 saturated heterocycles. The van der Waals surface area contributed by atoms with E-state index in [1.54, 1.807) is 0 Å². The molecule has 0 unspecified atom stereocenters. The van der Waals surface area contributed by atoms with Crippen LogP contribution in [0.25, 0.3) is 0 Å². The molecule has 2 aromatic carbocycles. The van der Waals surface area contributed by atoms with Gasteiger partial charge in [-0.05, 0) is 49.7 Å².